The van der Waals surface area contributed by atoms with Crippen LogP contribution in [0.2, 0.25) is 0 Å². The minimum Gasteiger partial charge on any atom is -0.494 e. The molecule has 1 atom stereocenters. The number of nitrogens with two attached hydrogens (primary N) is 2. The Labute approximate surface area is 182 Å². The molecular weight excluding hydrogens is 416 g/mol. The maximum absolute atomic E-state index is 13.1. The van der Waals surface area contributed by atoms with Gasteiger partial charge in [0.05, 0.1) is 12.8 Å². The number of pyridine rings is 1. The van der Waals surface area contributed by atoms with Gasteiger partial charge >= 0.3 is 0 Å². The molecule has 1 aliphatic carbocycles. The zero-order valence-electron chi connectivity index (χ0n) is 17.7. The average molecular weight is 439 g/mol. The van der Waals surface area contributed by atoms with E-state index in [2.05, 4.69) is 15.1 Å². The number of para-hydroxylation sites is 1. The maximum Gasteiger partial charge on any atom is 0.261 e. The third-order valence-electron chi connectivity index (χ3n) is 6.29. The Morgan fingerprint density at radius 1 is 1.16 bits per heavy atom. The summed E-state index contributed by atoms with van der Waals surface area (Å²) < 4.78 is 33.2. The van der Waals surface area contributed by atoms with Crippen LogP contribution in [-0.4, -0.2) is 38.1 Å². The fourth-order valence-corrected chi connectivity index (χ4v) is 4.16. The summed E-state index contributed by atoms with van der Waals surface area (Å²) in [6, 6.07) is 9.04. The van der Waals surface area contributed by atoms with E-state index in [1.165, 1.54) is 6.92 Å². The molecule has 3 heterocycles. The van der Waals surface area contributed by atoms with Crippen molar-refractivity contribution in [2.75, 3.05) is 12.8 Å². The highest BCUT2D eigenvalue weighted by Crippen LogP contribution is 2.47. The predicted molar refractivity (Wildman–Crippen MR) is 116 cm³/mol. The summed E-state index contributed by atoms with van der Waals surface area (Å²) in [6.45, 7) is 1.29. The molecule has 1 aliphatic rings. The van der Waals surface area contributed by atoms with Gasteiger partial charge in [0.25, 0.3) is 6.43 Å². The molecule has 0 amide bonds. The van der Waals surface area contributed by atoms with E-state index in [0.29, 0.717) is 22.7 Å². The molecule has 1 fully saturated rings. The summed E-state index contributed by atoms with van der Waals surface area (Å²) in [5.41, 5.74) is 12.5. The van der Waals surface area contributed by atoms with Crippen molar-refractivity contribution in [2.45, 2.75) is 43.6 Å². The van der Waals surface area contributed by atoms with Gasteiger partial charge in [0, 0.05) is 17.5 Å². The van der Waals surface area contributed by atoms with Gasteiger partial charge in [-0.1, -0.05) is 12.1 Å². The maximum atomic E-state index is 13.1. The zero-order chi connectivity index (χ0) is 22.6. The molecule has 1 aromatic carbocycles. The predicted octanol–water partition coefficient (Wildman–Crippen LogP) is 3.36. The fourth-order valence-electron chi connectivity index (χ4n) is 4.16. The summed E-state index contributed by atoms with van der Waals surface area (Å²) in [5, 5.41) is 5.41. The largest absolute Gasteiger partial charge is 0.494 e. The number of halogens is 2. The first-order valence-electron chi connectivity index (χ1n) is 10.3. The Bertz CT molecular complexity index is 1300. The van der Waals surface area contributed by atoms with Crippen molar-refractivity contribution >= 4 is 22.5 Å². The molecule has 3 aromatic heterocycles. The minimum atomic E-state index is -2.69. The lowest BCUT2D eigenvalue weighted by atomic mass is 9.71. The van der Waals surface area contributed by atoms with Gasteiger partial charge in [-0.2, -0.15) is 4.52 Å². The van der Waals surface area contributed by atoms with E-state index >= 15 is 0 Å². The molecular formula is C22H23F2N7O. The third-order valence-corrected chi connectivity index (χ3v) is 6.29. The van der Waals surface area contributed by atoms with E-state index in [1.807, 2.05) is 24.3 Å². The second-order valence-corrected chi connectivity index (χ2v) is 8.46. The number of aromatic nitrogens is 5. The van der Waals surface area contributed by atoms with E-state index in [-0.39, 0.29) is 23.5 Å². The van der Waals surface area contributed by atoms with Crippen molar-refractivity contribution in [2.24, 2.45) is 5.73 Å². The highest BCUT2D eigenvalue weighted by atomic mass is 19.3. The lowest BCUT2D eigenvalue weighted by Crippen LogP contribution is -2.41. The molecule has 0 spiro atoms. The Kier molecular flexibility index (Phi) is 4.70. The van der Waals surface area contributed by atoms with Gasteiger partial charge in [0.15, 0.2) is 11.5 Å². The summed E-state index contributed by atoms with van der Waals surface area (Å²) in [7, 11) is 1.59. The van der Waals surface area contributed by atoms with Crippen LogP contribution in [0.5, 0.6) is 5.75 Å². The standard InChI is InChI=1S/C22H23F2N7O/c1-22(26,20(23)24)16-7-6-11(10-27-16)12-8-13(9-12)18-29-19-14-4-3-5-15(32-2)17(14)28-21(25)31(19)30-18/h3-7,10,12-13,20H,8-9,26H2,1-2H3,(H2,25,28). The number of alkyl halides is 2. The number of hydrogen-bond donors (Lipinski definition) is 2. The van der Waals surface area contributed by atoms with Crippen molar-refractivity contribution in [3.05, 3.63) is 53.6 Å². The fraction of sp³-hybridized carbons (Fsp3) is 0.364. The van der Waals surface area contributed by atoms with Gasteiger partial charge in [-0.25, -0.2) is 18.7 Å². The van der Waals surface area contributed by atoms with Crippen LogP contribution < -0.4 is 16.2 Å². The molecule has 8 nitrogen and oxygen atoms in total. The molecule has 32 heavy (non-hydrogen) atoms. The van der Waals surface area contributed by atoms with Crippen molar-refractivity contribution in [3.8, 4) is 5.75 Å². The number of methoxy groups -OCH3 is 1. The molecule has 0 aliphatic heterocycles. The zero-order valence-corrected chi connectivity index (χ0v) is 17.7. The van der Waals surface area contributed by atoms with E-state index in [4.69, 9.17) is 21.2 Å². The van der Waals surface area contributed by atoms with Crippen LogP contribution in [0.3, 0.4) is 0 Å². The monoisotopic (exact) mass is 439 g/mol. The molecule has 1 saturated carbocycles. The van der Waals surface area contributed by atoms with Crippen LogP contribution in [0.15, 0.2) is 36.5 Å². The van der Waals surface area contributed by atoms with Crippen molar-refractivity contribution in [1.82, 2.24) is 24.6 Å². The number of nitrogens with zero attached hydrogens (tertiary/aromatic N) is 5. The number of ether oxygens (including phenoxy) is 1. The summed E-state index contributed by atoms with van der Waals surface area (Å²) >= 11 is 0. The SMILES string of the molecule is COc1cccc2c1nc(N)n1nc(C3CC(c4ccc(C(C)(N)C(F)F)nc4)C3)nc21. The van der Waals surface area contributed by atoms with Crippen molar-refractivity contribution in [1.29, 1.82) is 0 Å². The quantitative estimate of drug-likeness (QED) is 0.490. The summed E-state index contributed by atoms with van der Waals surface area (Å²) in [5.74, 6) is 2.01. The molecule has 0 saturated heterocycles. The van der Waals surface area contributed by atoms with Gasteiger partial charge in [0.1, 0.15) is 16.8 Å². The molecule has 1 unspecified atom stereocenters. The molecule has 10 heteroatoms. The second-order valence-electron chi connectivity index (χ2n) is 8.46. The van der Waals surface area contributed by atoms with Crippen LogP contribution in [0, 0.1) is 0 Å². The van der Waals surface area contributed by atoms with E-state index in [0.717, 1.165) is 23.8 Å². The van der Waals surface area contributed by atoms with Gasteiger partial charge in [0.2, 0.25) is 5.95 Å². The third kappa shape index (κ3) is 3.13. The number of hydrogen-bond acceptors (Lipinski definition) is 7. The number of benzene rings is 1. The van der Waals surface area contributed by atoms with Crippen molar-refractivity contribution < 1.29 is 13.5 Å². The Morgan fingerprint density at radius 3 is 2.59 bits per heavy atom. The number of anilines is 1. The highest BCUT2D eigenvalue weighted by Gasteiger charge is 2.37. The first-order valence-corrected chi connectivity index (χ1v) is 10.3. The molecule has 4 aromatic rings. The lowest BCUT2D eigenvalue weighted by Gasteiger charge is -2.34. The van der Waals surface area contributed by atoms with Gasteiger partial charge in [-0.3, -0.25) is 4.98 Å². The summed E-state index contributed by atoms with van der Waals surface area (Å²) in [4.78, 5) is 13.4. The lowest BCUT2D eigenvalue weighted by molar-refractivity contribution is 0.0601. The van der Waals surface area contributed by atoms with Crippen LogP contribution in [0.1, 0.15) is 48.7 Å². The second kappa shape index (κ2) is 7.33. The smallest absolute Gasteiger partial charge is 0.261 e. The Hall–Kier alpha value is -3.40. The van der Waals surface area contributed by atoms with E-state index in [1.54, 1.807) is 23.9 Å². The van der Waals surface area contributed by atoms with Gasteiger partial charge in [-0.05, 0) is 49.4 Å². The first-order chi connectivity index (χ1) is 15.3. The van der Waals surface area contributed by atoms with Gasteiger partial charge < -0.3 is 16.2 Å². The molecule has 4 N–H and O–H groups in total. The average Bonchev–Trinajstić information content (AvgIpc) is 3.18. The summed E-state index contributed by atoms with van der Waals surface area (Å²) in [6.07, 6.45) is 0.623. The Balaban J connectivity index is 1.38. The van der Waals surface area contributed by atoms with Crippen LogP contribution in [0.4, 0.5) is 14.7 Å². The first kappa shape index (κ1) is 20.5. The number of nitrogen functional groups attached to an aromatic ring is 1. The molecule has 0 bridgehead atoms. The Morgan fingerprint density at radius 2 is 1.94 bits per heavy atom. The van der Waals surface area contributed by atoms with Crippen LogP contribution in [0.25, 0.3) is 16.6 Å². The van der Waals surface area contributed by atoms with E-state index in [9.17, 15) is 8.78 Å². The number of fused-ring (bicyclic) bond motifs is 3. The van der Waals surface area contributed by atoms with Gasteiger partial charge in [-0.15, -0.1) is 5.10 Å². The molecule has 0 radical (unpaired) electrons. The van der Waals surface area contributed by atoms with Crippen LogP contribution in [-0.2, 0) is 5.54 Å². The van der Waals surface area contributed by atoms with Crippen LogP contribution >= 0.6 is 0 Å². The molecule has 5 rings (SSSR count). The number of rotatable bonds is 5. The van der Waals surface area contributed by atoms with Crippen molar-refractivity contribution in [3.63, 3.8) is 0 Å². The van der Waals surface area contributed by atoms with E-state index < -0.39 is 12.0 Å². The normalized spacial score (nSPS) is 20.4. The topological polar surface area (TPSA) is 117 Å². The highest BCUT2D eigenvalue weighted by molar-refractivity contribution is 5.95. The minimum absolute atomic E-state index is 0.167. The molecule has 166 valence electrons.